The Hall–Kier alpha value is -2.25. The quantitative estimate of drug-likeness (QED) is 0.696. The number of hydrogen-bond donors (Lipinski definition) is 1. The number of piperidine rings is 1. The maximum Gasteiger partial charge on any atom is 0.253 e. The van der Waals surface area contributed by atoms with Gasteiger partial charge in [0, 0.05) is 41.7 Å². The first-order valence-corrected chi connectivity index (χ1v) is 7.65. The molecule has 2 heterocycles. The van der Waals surface area contributed by atoms with Gasteiger partial charge < -0.3 is 14.6 Å². The Labute approximate surface area is 130 Å². The van der Waals surface area contributed by atoms with E-state index in [1.165, 1.54) is 0 Å². The van der Waals surface area contributed by atoms with Crippen molar-refractivity contribution in [2.45, 2.75) is 12.8 Å². The molecular formula is C18H20N2O2. The summed E-state index contributed by atoms with van der Waals surface area (Å²) in [5.41, 5.74) is 1.80. The van der Waals surface area contributed by atoms with E-state index in [0.717, 1.165) is 42.4 Å². The van der Waals surface area contributed by atoms with Crippen LogP contribution in [0.5, 0.6) is 0 Å². The zero-order valence-electron chi connectivity index (χ0n) is 12.5. The van der Waals surface area contributed by atoms with Crippen molar-refractivity contribution in [2.75, 3.05) is 26.3 Å². The number of hydrogen-bond acceptors (Lipinski definition) is 2. The summed E-state index contributed by atoms with van der Waals surface area (Å²) in [6.07, 6.45) is 9.18. The number of aromatic nitrogens is 1. The highest BCUT2D eigenvalue weighted by Crippen LogP contribution is 2.21. The zero-order chi connectivity index (χ0) is 15.4. The number of nitrogens with one attached hydrogen (secondary N) is 1. The number of carbonyl (C=O) groups is 1. The topological polar surface area (TPSA) is 45.3 Å². The highest BCUT2D eigenvalue weighted by Gasteiger charge is 2.24. The highest BCUT2D eigenvalue weighted by atomic mass is 16.5. The molecule has 0 aliphatic carbocycles. The van der Waals surface area contributed by atoms with Crippen LogP contribution in [0.2, 0.25) is 0 Å². The minimum absolute atomic E-state index is 0.102. The molecule has 22 heavy (non-hydrogen) atoms. The Morgan fingerprint density at radius 3 is 3.23 bits per heavy atom. The molecule has 114 valence electrons. The first-order valence-electron chi connectivity index (χ1n) is 7.65. The number of terminal acetylenes is 1. The van der Waals surface area contributed by atoms with E-state index < -0.39 is 0 Å². The van der Waals surface area contributed by atoms with E-state index >= 15 is 0 Å². The molecule has 1 amide bonds. The van der Waals surface area contributed by atoms with E-state index in [9.17, 15) is 4.79 Å². The molecule has 1 N–H and O–H groups in total. The van der Waals surface area contributed by atoms with Gasteiger partial charge in [-0.25, -0.2) is 0 Å². The van der Waals surface area contributed by atoms with Gasteiger partial charge in [-0.05, 0) is 37.1 Å². The highest BCUT2D eigenvalue weighted by molar-refractivity contribution is 5.98. The van der Waals surface area contributed by atoms with Gasteiger partial charge in [0.25, 0.3) is 5.91 Å². The van der Waals surface area contributed by atoms with Crippen LogP contribution >= 0.6 is 0 Å². The van der Waals surface area contributed by atoms with Gasteiger partial charge in [0.2, 0.25) is 0 Å². The molecule has 1 fully saturated rings. The molecule has 1 aromatic heterocycles. The molecule has 4 heteroatoms. The Morgan fingerprint density at radius 1 is 1.45 bits per heavy atom. The average Bonchev–Trinajstić information content (AvgIpc) is 3.02. The van der Waals surface area contributed by atoms with Crippen LogP contribution in [0.15, 0.2) is 30.5 Å². The summed E-state index contributed by atoms with van der Waals surface area (Å²) in [6.45, 7) is 2.53. The normalized spacial score (nSPS) is 18.3. The van der Waals surface area contributed by atoms with Crippen molar-refractivity contribution in [2.24, 2.45) is 5.92 Å². The lowest BCUT2D eigenvalue weighted by Crippen LogP contribution is -2.41. The first-order chi connectivity index (χ1) is 10.8. The fourth-order valence-electron chi connectivity index (χ4n) is 3.04. The van der Waals surface area contributed by atoms with E-state index in [-0.39, 0.29) is 5.91 Å². The number of rotatable bonds is 4. The summed E-state index contributed by atoms with van der Waals surface area (Å²) < 4.78 is 5.43. The SMILES string of the molecule is C#CCOCC1CCCN(C(=O)c2ccc3[nH]ccc3c2)C1. The smallest absolute Gasteiger partial charge is 0.253 e. The second-order valence-electron chi connectivity index (χ2n) is 5.76. The predicted octanol–water partition coefficient (Wildman–Crippen LogP) is 2.67. The number of benzene rings is 1. The third kappa shape index (κ3) is 3.15. The molecule has 0 radical (unpaired) electrons. The molecule has 4 nitrogen and oxygen atoms in total. The monoisotopic (exact) mass is 296 g/mol. The van der Waals surface area contributed by atoms with Crippen LogP contribution in [0.1, 0.15) is 23.2 Å². The lowest BCUT2D eigenvalue weighted by Gasteiger charge is -2.32. The van der Waals surface area contributed by atoms with Gasteiger partial charge in [-0.2, -0.15) is 0 Å². The Bertz CT molecular complexity index is 698. The number of amides is 1. The number of nitrogens with zero attached hydrogens (tertiary/aromatic N) is 1. The standard InChI is InChI=1S/C18H20N2O2/c1-2-10-22-13-14-4-3-9-20(12-14)18(21)16-5-6-17-15(11-16)7-8-19-17/h1,5-8,11,14,19H,3-4,9-10,12-13H2. The lowest BCUT2D eigenvalue weighted by molar-refractivity contribution is 0.0534. The van der Waals surface area contributed by atoms with Crippen LogP contribution in [-0.2, 0) is 4.74 Å². The maximum atomic E-state index is 12.7. The minimum Gasteiger partial charge on any atom is -0.368 e. The summed E-state index contributed by atoms with van der Waals surface area (Å²) in [7, 11) is 0. The van der Waals surface area contributed by atoms with Crippen molar-refractivity contribution in [3.8, 4) is 12.3 Å². The van der Waals surface area contributed by atoms with Crippen molar-refractivity contribution in [3.63, 3.8) is 0 Å². The lowest BCUT2D eigenvalue weighted by atomic mass is 9.98. The van der Waals surface area contributed by atoms with Crippen molar-refractivity contribution >= 4 is 16.8 Å². The van der Waals surface area contributed by atoms with Gasteiger partial charge in [-0.3, -0.25) is 4.79 Å². The van der Waals surface area contributed by atoms with Crippen LogP contribution in [0, 0.1) is 18.3 Å². The van der Waals surface area contributed by atoms with Crippen LogP contribution in [0.25, 0.3) is 10.9 Å². The van der Waals surface area contributed by atoms with Crippen molar-refractivity contribution in [1.82, 2.24) is 9.88 Å². The van der Waals surface area contributed by atoms with E-state index in [2.05, 4.69) is 10.9 Å². The Balaban J connectivity index is 1.67. The molecule has 0 bridgehead atoms. The molecule has 0 spiro atoms. The fraction of sp³-hybridized carbons (Fsp3) is 0.389. The largest absolute Gasteiger partial charge is 0.368 e. The molecule has 1 aliphatic rings. The predicted molar refractivity (Wildman–Crippen MR) is 86.6 cm³/mol. The zero-order valence-corrected chi connectivity index (χ0v) is 12.5. The number of carbonyl (C=O) groups excluding carboxylic acids is 1. The minimum atomic E-state index is 0.102. The van der Waals surface area contributed by atoms with Gasteiger partial charge in [-0.15, -0.1) is 6.42 Å². The van der Waals surface area contributed by atoms with Crippen molar-refractivity contribution < 1.29 is 9.53 Å². The van der Waals surface area contributed by atoms with Crippen molar-refractivity contribution in [3.05, 3.63) is 36.0 Å². The van der Waals surface area contributed by atoms with Crippen LogP contribution in [-0.4, -0.2) is 42.1 Å². The van der Waals surface area contributed by atoms with Gasteiger partial charge in [0.1, 0.15) is 6.61 Å². The summed E-state index contributed by atoms with van der Waals surface area (Å²) in [5.74, 6) is 2.95. The van der Waals surface area contributed by atoms with Crippen LogP contribution < -0.4 is 0 Å². The Morgan fingerprint density at radius 2 is 2.36 bits per heavy atom. The molecule has 0 saturated carbocycles. The van der Waals surface area contributed by atoms with E-state index in [0.29, 0.717) is 19.1 Å². The van der Waals surface area contributed by atoms with Gasteiger partial charge >= 0.3 is 0 Å². The fourth-order valence-corrected chi connectivity index (χ4v) is 3.04. The molecular weight excluding hydrogens is 276 g/mol. The van der Waals surface area contributed by atoms with Gasteiger partial charge in [0.15, 0.2) is 0 Å². The number of fused-ring (bicyclic) bond motifs is 1. The van der Waals surface area contributed by atoms with Crippen molar-refractivity contribution in [1.29, 1.82) is 0 Å². The van der Waals surface area contributed by atoms with Gasteiger partial charge in [0.05, 0.1) is 6.61 Å². The summed E-state index contributed by atoms with van der Waals surface area (Å²) in [5, 5.41) is 1.07. The average molecular weight is 296 g/mol. The first kappa shape index (κ1) is 14.7. The summed E-state index contributed by atoms with van der Waals surface area (Å²) >= 11 is 0. The second kappa shape index (κ2) is 6.67. The van der Waals surface area contributed by atoms with E-state index in [1.54, 1.807) is 0 Å². The molecule has 1 saturated heterocycles. The van der Waals surface area contributed by atoms with Crippen LogP contribution in [0.3, 0.4) is 0 Å². The molecule has 1 aliphatic heterocycles. The van der Waals surface area contributed by atoms with E-state index in [4.69, 9.17) is 11.2 Å². The maximum absolute atomic E-state index is 12.7. The number of aromatic amines is 1. The Kier molecular flexibility index (Phi) is 4.45. The number of H-pyrrole nitrogens is 1. The summed E-state index contributed by atoms with van der Waals surface area (Å²) in [6, 6.07) is 7.78. The third-order valence-corrected chi connectivity index (χ3v) is 4.15. The van der Waals surface area contributed by atoms with E-state index in [1.807, 2.05) is 35.4 Å². The number of ether oxygens (including phenoxy) is 1. The van der Waals surface area contributed by atoms with Gasteiger partial charge in [-0.1, -0.05) is 5.92 Å². The molecule has 2 aromatic rings. The molecule has 1 unspecified atom stereocenters. The number of likely N-dealkylation sites (tertiary alicyclic amines) is 1. The summed E-state index contributed by atoms with van der Waals surface area (Å²) in [4.78, 5) is 17.8. The second-order valence-corrected chi connectivity index (χ2v) is 5.76. The van der Waals surface area contributed by atoms with Crippen LogP contribution in [0.4, 0.5) is 0 Å². The molecule has 3 rings (SSSR count). The third-order valence-electron chi connectivity index (χ3n) is 4.15. The molecule has 1 aromatic carbocycles. The molecule has 1 atom stereocenters.